The molecule has 0 aromatic heterocycles. The van der Waals surface area contributed by atoms with Gasteiger partial charge in [0.2, 0.25) is 5.91 Å². The second-order valence-electron chi connectivity index (χ2n) is 7.09. The van der Waals surface area contributed by atoms with Crippen LogP contribution in [0.3, 0.4) is 0 Å². The van der Waals surface area contributed by atoms with E-state index in [1.807, 2.05) is 32.0 Å². The molecule has 0 heterocycles. The van der Waals surface area contributed by atoms with E-state index in [9.17, 15) is 14.7 Å². The van der Waals surface area contributed by atoms with Crippen LogP contribution in [0.25, 0.3) is 0 Å². The van der Waals surface area contributed by atoms with Crippen LogP contribution < -0.4 is 10.1 Å². The molecule has 1 unspecified atom stereocenters. The highest BCUT2D eigenvalue weighted by Gasteiger charge is 2.40. The Bertz CT molecular complexity index is 618. The molecule has 1 aliphatic carbocycles. The summed E-state index contributed by atoms with van der Waals surface area (Å²) in [5, 5.41) is 12.7. The fourth-order valence-electron chi connectivity index (χ4n) is 3.65. The molecule has 1 amide bonds. The van der Waals surface area contributed by atoms with Gasteiger partial charge in [0.15, 0.2) is 0 Å². The molecule has 25 heavy (non-hydrogen) atoms. The van der Waals surface area contributed by atoms with Crippen molar-refractivity contribution in [3.63, 3.8) is 0 Å². The first-order chi connectivity index (χ1) is 11.9. The maximum absolute atomic E-state index is 12.8. The van der Waals surface area contributed by atoms with E-state index in [1.54, 1.807) is 7.11 Å². The molecular formula is C20H29NO4. The third-order valence-corrected chi connectivity index (χ3v) is 5.32. The van der Waals surface area contributed by atoms with Crippen molar-refractivity contribution in [3.05, 3.63) is 29.3 Å². The fraction of sp³-hybridized carbons (Fsp3) is 0.600. The van der Waals surface area contributed by atoms with E-state index in [0.29, 0.717) is 12.8 Å². The van der Waals surface area contributed by atoms with Crippen LogP contribution in [-0.2, 0) is 9.59 Å². The van der Waals surface area contributed by atoms with Crippen molar-refractivity contribution in [2.45, 2.75) is 70.3 Å². The molecule has 1 atom stereocenters. The van der Waals surface area contributed by atoms with Gasteiger partial charge < -0.3 is 15.2 Å². The number of benzene rings is 1. The average Bonchev–Trinajstić information content (AvgIpc) is 2.56. The van der Waals surface area contributed by atoms with Crippen molar-refractivity contribution in [2.24, 2.45) is 0 Å². The lowest BCUT2D eigenvalue weighted by Gasteiger charge is -2.33. The van der Waals surface area contributed by atoms with Gasteiger partial charge in [-0.25, -0.2) is 4.79 Å². The zero-order valence-electron chi connectivity index (χ0n) is 15.4. The van der Waals surface area contributed by atoms with Crippen LogP contribution in [0.5, 0.6) is 5.75 Å². The van der Waals surface area contributed by atoms with Crippen LogP contribution in [0.1, 0.15) is 68.9 Å². The highest BCUT2D eigenvalue weighted by atomic mass is 16.5. The summed E-state index contributed by atoms with van der Waals surface area (Å²) >= 11 is 0. The maximum Gasteiger partial charge on any atom is 0.329 e. The average molecular weight is 347 g/mol. The van der Waals surface area contributed by atoms with Crippen LogP contribution in [0.4, 0.5) is 0 Å². The normalized spacial score (nSPS) is 18.5. The first-order valence-electron chi connectivity index (χ1n) is 9.09. The lowest BCUT2D eigenvalue weighted by Crippen LogP contribution is -2.55. The number of nitrogens with one attached hydrogen (secondary N) is 1. The molecule has 1 aromatic rings. The molecule has 1 aliphatic rings. The number of carboxylic acids is 1. The van der Waals surface area contributed by atoms with E-state index in [4.69, 9.17) is 4.74 Å². The molecule has 1 fully saturated rings. The topological polar surface area (TPSA) is 75.6 Å². The summed E-state index contributed by atoms with van der Waals surface area (Å²) in [6.07, 6.45) is 5.87. The van der Waals surface area contributed by atoms with Gasteiger partial charge in [-0.1, -0.05) is 38.2 Å². The molecule has 1 saturated carbocycles. The number of aryl methyl sites for hydroxylation is 1. The highest BCUT2D eigenvalue weighted by Crippen LogP contribution is 2.29. The van der Waals surface area contributed by atoms with Gasteiger partial charge in [0, 0.05) is 0 Å². The minimum atomic E-state index is -1.13. The summed E-state index contributed by atoms with van der Waals surface area (Å²) in [5.41, 5.74) is 0.723. The lowest BCUT2D eigenvalue weighted by atomic mass is 9.83. The number of ether oxygens (including phenoxy) is 1. The van der Waals surface area contributed by atoms with Gasteiger partial charge in [-0.15, -0.1) is 0 Å². The minimum absolute atomic E-state index is 0.226. The molecule has 5 heteroatoms. The monoisotopic (exact) mass is 347 g/mol. The minimum Gasteiger partial charge on any atom is -0.497 e. The molecule has 138 valence electrons. The maximum atomic E-state index is 12.8. The Kier molecular flexibility index (Phi) is 6.45. The number of methoxy groups -OCH3 is 1. The Morgan fingerprint density at radius 1 is 1.16 bits per heavy atom. The summed E-state index contributed by atoms with van der Waals surface area (Å²) in [4.78, 5) is 24.8. The SMILES string of the molecule is COc1ccc(C(C)C(=O)NC2(C(=O)O)CCCCCCC2)c(C)c1. The Balaban J connectivity index is 2.18. The predicted molar refractivity (Wildman–Crippen MR) is 97.0 cm³/mol. The number of hydrogen-bond donors (Lipinski definition) is 2. The van der Waals surface area contributed by atoms with Gasteiger partial charge in [0.1, 0.15) is 11.3 Å². The Hall–Kier alpha value is -2.04. The third-order valence-electron chi connectivity index (χ3n) is 5.32. The molecule has 0 aliphatic heterocycles. The standard InChI is InChI=1S/C20H29NO4/c1-14-13-16(25-3)9-10-17(14)15(2)18(22)21-20(19(23)24)11-7-5-4-6-8-12-20/h9-10,13,15H,4-8,11-12H2,1-3H3,(H,21,22)(H,23,24). The van der Waals surface area contributed by atoms with Crippen LogP contribution in [0.15, 0.2) is 18.2 Å². The number of aliphatic carboxylic acids is 1. The van der Waals surface area contributed by atoms with Crippen molar-refractivity contribution in [2.75, 3.05) is 7.11 Å². The summed E-state index contributed by atoms with van der Waals surface area (Å²) in [5.74, 6) is -0.805. The van der Waals surface area contributed by atoms with Crippen molar-refractivity contribution >= 4 is 11.9 Å². The largest absolute Gasteiger partial charge is 0.497 e. The van der Waals surface area contributed by atoms with E-state index in [0.717, 1.165) is 49.0 Å². The predicted octanol–water partition coefficient (Wildman–Crippen LogP) is 3.79. The Labute approximate surface area is 149 Å². The van der Waals surface area contributed by atoms with Gasteiger partial charge in [-0.2, -0.15) is 0 Å². The zero-order chi connectivity index (χ0) is 18.4. The first-order valence-corrected chi connectivity index (χ1v) is 9.09. The number of carbonyl (C=O) groups excluding carboxylic acids is 1. The molecular weight excluding hydrogens is 318 g/mol. The van der Waals surface area contributed by atoms with E-state index < -0.39 is 17.4 Å². The van der Waals surface area contributed by atoms with E-state index in [1.165, 1.54) is 0 Å². The molecule has 0 bridgehead atoms. The van der Waals surface area contributed by atoms with E-state index in [2.05, 4.69) is 5.32 Å². The molecule has 0 radical (unpaired) electrons. The van der Waals surface area contributed by atoms with Crippen molar-refractivity contribution < 1.29 is 19.4 Å². The number of amides is 1. The van der Waals surface area contributed by atoms with Crippen LogP contribution in [0.2, 0.25) is 0 Å². The van der Waals surface area contributed by atoms with Crippen molar-refractivity contribution in [1.82, 2.24) is 5.32 Å². The lowest BCUT2D eigenvalue weighted by molar-refractivity contribution is -0.149. The van der Waals surface area contributed by atoms with Gasteiger partial charge in [-0.3, -0.25) is 4.79 Å². The molecule has 5 nitrogen and oxygen atoms in total. The summed E-state index contributed by atoms with van der Waals surface area (Å²) in [6, 6.07) is 5.60. The van der Waals surface area contributed by atoms with Gasteiger partial charge in [0.25, 0.3) is 0 Å². The molecule has 2 rings (SSSR count). The van der Waals surface area contributed by atoms with Crippen LogP contribution in [-0.4, -0.2) is 29.6 Å². The fourth-order valence-corrected chi connectivity index (χ4v) is 3.65. The number of hydrogen-bond acceptors (Lipinski definition) is 3. The first kappa shape index (κ1) is 19.3. The summed E-state index contributed by atoms with van der Waals surface area (Å²) in [6.45, 7) is 3.76. The van der Waals surface area contributed by atoms with Crippen molar-refractivity contribution in [3.8, 4) is 5.75 Å². The summed E-state index contributed by atoms with van der Waals surface area (Å²) < 4.78 is 5.21. The quantitative estimate of drug-likeness (QED) is 0.850. The molecule has 1 aromatic carbocycles. The smallest absolute Gasteiger partial charge is 0.329 e. The van der Waals surface area contributed by atoms with Gasteiger partial charge in [-0.05, 0) is 49.9 Å². The van der Waals surface area contributed by atoms with E-state index in [-0.39, 0.29) is 5.91 Å². The van der Waals surface area contributed by atoms with Gasteiger partial charge >= 0.3 is 5.97 Å². The van der Waals surface area contributed by atoms with Gasteiger partial charge in [0.05, 0.1) is 13.0 Å². The van der Waals surface area contributed by atoms with Crippen LogP contribution in [0, 0.1) is 6.92 Å². The third kappa shape index (κ3) is 4.53. The Morgan fingerprint density at radius 3 is 2.28 bits per heavy atom. The number of rotatable bonds is 5. The van der Waals surface area contributed by atoms with Crippen molar-refractivity contribution in [1.29, 1.82) is 0 Å². The molecule has 0 spiro atoms. The zero-order valence-corrected chi connectivity index (χ0v) is 15.4. The summed E-state index contributed by atoms with van der Waals surface area (Å²) in [7, 11) is 1.61. The number of carboxylic acid groups (broad SMARTS) is 1. The van der Waals surface area contributed by atoms with E-state index >= 15 is 0 Å². The Morgan fingerprint density at radius 2 is 1.76 bits per heavy atom. The number of carbonyl (C=O) groups is 2. The van der Waals surface area contributed by atoms with Crippen LogP contribution >= 0.6 is 0 Å². The second kappa shape index (κ2) is 8.37. The molecule has 2 N–H and O–H groups in total. The highest BCUT2D eigenvalue weighted by molar-refractivity contribution is 5.90. The molecule has 0 saturated heterocycles. The second-order valence-corrected chi connectivity index (χ2v) is 7.09.